The van der Waals surface area contributed by atoms with Crippen LogP contribution in [0.1, 0.15) is 31.2 Å². The van der Waals surface area contributed by atoms with Gasteiger partial charge in [0.15, 0.2) is 0 Å². The number of halogens is 1. The summed E-state index contributed by atoms with van der Waals surface area (Å²) in [6, 6.07) is 1.47. The molecule has 80 valence electrons. The maximum Gasteiger partial charge on any atom is 0.142 e. The Morgan fingerprint density at radius 3 is 3.00 bits per heavy atom. The molecule has 0 saturated carbocycles. The largest absolute Gasteiger partial charge is 0.389 e. The normalized spacial score (nSPS) is 22.0. The number of aliphatic hydroxyl groups excluding tert-OH is 1. The highest BCUT2D eigenvalue weighted by atomic mass is 19.1. The van der Waals surface area contributed by atoms with Gasteiger partial charge in [0.25, 0.3) is 0 Å². The number of rotatable bonds is 1. The molecule has 0 spiro atoms. The van der Waals surface area contributed by atoms with E-state index in [1.165, 1.54) is 12.3 Å². The zero-order valence-electron chi connectivity index (χ0n) is 8.49. The van der Waals surface area contributed by atoms with Gasteiger partial charge in [-0.3, -0.25) is 4.98 Å². The second kappa shape index (κ2) is 4.53. The summed E-state index contributed by atoms with van der Waals surface area (Å²) in [7, 11) is 0. The van der Waals surface area contributed by atoms with Crippen LogP contribution in [0.4, 0.5) is 4.39 Å². The van der Waals surface area contributed by atoms with Gasteiger partial charge < -0.3 is 5.11 Å². The van der Waals surface area contributed by atoms with Crippen LogP contribution < -0.4 is 0 Å². The number of nitrogens with zero attached hydrogens (tertiary/aromatic N) is 1. The number of pyridine rings is 1. The molecule has 2 nitrogen and oxygen atoms in total. The molecule has 1 aliphatic carbocycles. The molecule has 0 saturated heterocycles. The van der Waals surface area contributed by atoms with Crippen molar-refractivity contribution in [2.24, 2.45) is 0 Å². The highest BCUT2D eigenvalue weighted by Gasteiger charge is 2.11. The van der Waals surface area contributed by atoms with Crippen LogP contribution >= 0.6 is 0 Å². The molecule has 3 heteroatoms. The Labute approximate surface area is 88.5 Å². The van der Waals surface area contributed by atoms with Crippen LogP contribution in [-0.4, -0.2) is 16.2 Å². The molecule has 0 bridgehead atoms. The van der Waals surface area contributed by atoms with E-state index >= 15 is 0 Å². The van der Waals surface area contributed by atoms with Crippen molar-refractivity contribution in [2.45, 2.75) is 31.8 Å². The first-order chi connectivity index (χ1) is 7.25. The number of aliphatic hydroxyl groups is 1. The third-order valence-corrected chi connectivity index (χ3v) is 2.67. The van der Waals surface area contributed by atoms with Crippen molar-refractivity contribution in [2.75, 3.05) is 0 Å². The first-order valence-corrected chi connectivity index (χ1v) is 5.25. The first kappa shape index (κ1) is 10.3. The van der Waals surface area contributed by atoms with Crippen molar-refractivity contribution in [1.29, 1.82) is 0 Å². The molecular formula is C12H14FNO. The standard InChI is InChI=1S/C12H14FNO/c13-11-5-10(7-14-8-11)9-3-1-2-4-12(15)6-9/h5-8,12,15H,1-4H2. The zero-order chi connectivity index (χ0) is 10.7. The molecule has 1 N–H and O–H groups in total. The van der Waals surface area contributed by atoms with E-state index in [0.717, 1.165) is 36.8 Å². The molecule has 15 heavy (non-hydrogen) atoms. The Bertz CT molecular complexity index is 376. The van der Waals surface area contributed by atoms with Crippen molar-refractivity contribution < 1.29 is 9.50 Å². The van der Waals surface area contributed by atoms with Crippen molar-refractivity contribution in [1.82, 2.24) is 4.98 Å². The minimum absolute atomic E-state index is 0.327. The Morgan fingerprint density at radius 1 is 1.33 bits per heavy atom. The predicted molar refractivity (Wildman–Crippen MR) is 56.6 cm³/mol. The first-order valence-electron chi connectivity index (χ1n) is 5.25. The maximum atomic E-state index is 13.0. The van der Waals surface area contributed by atoms with Gasteiger partial charge in [-0.05, 0) is 36.5 Å². The fourth-order valence-electron chi connectivity index (χ4n) is 1.90. The van der Waals surface area contributed by atoms with E-state index in [-0.39, 0.29) is 5.82 Å². The number of hydrogen-bond donors (Lipinski definition) is 1. The van der Waals surface area contributed by atoms with Crippen LogP contribution in [0.5, 0.6) is 0 Å². The molecule has 0 aliphatic heterocycles. The summed E-state index contributed by atoms with van der Waals surface area (Å²) in [6.45, 7) is 0. The molecule has 1 atom stereocenters. The summed E-state index contributed by atoms with van der Waals surface area (Å²) in [5.74, 6) is -0.327. The summed E-state index contributed by atoms with van der Waals surface area (Å²) in [4.78, 5) is 3.82. The molecule has 0 radical (unpaired) electrons. The van der Waals surface area contributed by atoms with E-state index in [4.69, 9.17) is 0 Å². The molecule has 0 amide bonds. The zero-order valence-corrected chi connectivity index (χ0v) is 8.49. The number of aromatic nitrogens is 1. The summed E-state index contributed by atoms with van der Waals surface area (Å²) in [6.07, 6.45) is 8.01. The van der Waals surface area contributed by atoms with Gasteiger partial charge in [0.05, 0.1) is 12.3 Å². The van der Waals surface area contributed by atoms with Crippen LogP contribution in [0, 0.1) is 5.82 Å². The fraction of sp³-hybridized carbons (Fsp3) is 0.417. The lowest BCUT2D eigenvalue weighted by molar-refractivity contribution is 0.211. The summed E-state index contributed by atoms with van der Waals surface area (Å²) in [5.41, 5.74) is 1.79. The summed E-state index contributed by atoms with van der Waals surface area (Å²) in [5, 5.41) is 9.60. The van der Waals surface area contributed by atoms with Gasteiger partial charge >= 0.3 is 0 Å². The highest BCUT2D eigenvalue weighted by molar-refractivity contribution is 5.65. The van der Waals surface area contributed by atoms with Crippen molar-refractivity contribution in [3.63, 3.8) is 0 Å². The Balaban J connectivity index is 2.28. The minimum Gasteiger partial charge on any atom is -0.389 e. The van der Waals surface area contributed by atoms with E-state index in [9.17, 15) is 9.50 Å². The summed E-state index contributed by atoms with van der Waals surface area (Å²) < 4.78 is 13.0. The van der Waals surface area contributed by atoms with E-state index in [1.54, 1.807) is 6.20 Å². The lowest BCUT2D eigenvalue weighted by Gasteiger charge is -2.05. The second-order valence-electron chi connectivity index (χ2n) is 3.90. The van der Waals surface area contributed by atoms with E-state index in [1.807, 2.05) is 6.08 Å². The molecule has 1 heterocycles. The van der Waals surface area contributed by atoms with Crippen LogP contribution in [0.15, 0.2) is 24.5 Å². The molecule has 1 unspecified atom stereocenters. The second-order valence-corrected chi connectivity index (χ2v) is 3.90. The lowest BCUT2D eigenvalue weighted by Crippen LogP contribution is -2.00. The van der Waals surface area contributed by atoms with E-state index in [0.29, 0.717) is 0 Å². The minimum atomic E-state index is -0.397. The van der Waals surface area contributed by atoms with Crippen LogP contribution in [0.25, 0.3) is 5.57 Å². The molecule has 1 aliphatic rings. The van der Waals surface area contributed by atoms with Crippen molar-refractivity contribution in [3.05, 3.63) is 35.9 Å². The van der Waals surface area contributed by atoms with E-state index in [2.05, 4.69) is 4.98 Å². The average Bonchev–Trinajstić information content (AvgIpc) is 2.43. The number of allylic oxidation sites excluding steroid dienone is 1. The third kappa shape index (κ3) is 2.63. The van der Waals surface area contributed by atoms with Gasteiger partial charge in [0.1, 0.15) is 5.82 Å². The number of hydrogen-bond acceptors (Lipinski definition) is 2. The monoisotopic (exact) mass is 207 g/mol. The van der Waals surface area contributed by atoms with Gasteiger partial charge in [-0.25, -0.2) is 4.39 Å². The van der Waals surface area contributed by atoms with Crippen LogP contribution in [-0.2, 0) is 0 Å². The topological polar surface area (TPSA) is 33.1 Å². The smallest absolute Gasteiger partial charge is 0.142 e. The van der Waals surface area contributed by atoms with Gasteiger partial charge in [0.2, 0.25) is 0 Å². The molecule has 2 rings (SSSR count). The van der Waals surface area contributed by atoms with Gasteiger partial charge in [-0.2, -0.15) is 0 Å². The third-order valence-electron chi connectivity index (χ3n) is 2.67. The SMILES string of the molecule is OC1C=C(c2cncc(F)c2)CCCC1. The predicted octanol–water partition coefficient (Wildman–Crippen LogP) is 2.54. The molecule has 1 aromatic rings. The molecular weight excluding hydrogens is 193 g/mol. The maximum absolute atomic E-state index is 13.0. The lowest BCUT2D eigenvalue weighted by atomic mass is 10.0. The molecule has 0 aromatic carbocycles. The van der Waals surface area contributed by atoms with Crippen molar-refractivity contribution >= 4 is 5.57 Å². The average molecular weight is 207 g/mol. The Kier molecular flexibility index (Phi) is 3.11. The van der Waals surface area contributed by atoms with Crippen LogP contribution in [0.2, 0.25) is 0 Å². The highest BCUT2D eigenvalue weighted by Crippen LogP contribution is 2.25. The van der Waals surface area contributed by atoms with Crippen molar-refractivity contribution in [3.8, 4) is 0 Å². The fourth-order valence-corrected chi connectivity index (χ4v) is 1.90. The molecule has 0 fully saturated rings. The summed E-state index contributed by atoms with van der Waals surface area (Å²) >= 11 is 0. The van der Waals surface area contributed by atoms with Crippen LogP contribution in [0.3, 0.4) is 0 Å². The van der Waals surface area contributed by atoms with Gasteiger partial charge in [0, 0.05) is 6.20 Å². The van der Waals surface area contributed by atoms with E-state index < -0.39 is 6.10 Å². The van der Waals surface area contributed by atoms with Gasteiger partial charge in [-0.15, -0.1) is 0 Å². The van der Waals surface area contributed by atoms with Gasteiger partial charge in [-0.1, -0.05) is 12.5 Å². The Hall–Kier alpha value is -1.22. The molecule has 1 aromatic heterocycles. The Morgan fingerprint density at radius 2 is 2.20 bits per heavy atom. The quantitative estimate of drug-likeness (QED) is 0.767.